The second-order valence-electron chi connectivity index (χ2n) is 8.92. The molecule has 0 aliphatic carbocycles. The highest BCUT2D eigenvalue weighted by Gasteiger charge is 2.26. The minimum absolute atomic E-state index is 0.0434. The van der Waals surface area contributed by atoms with Crippen LogP contribution in [0.1, 0.15) is 36.8 Å². The largest absolute Gasteiger partial charge is 0.394 e. The number of anilines is 1. The van der Waals surface area contributed by atoms with E-state index in [1.54, 1.807) is 36.6 Å². The van der Waals surface area contributed by atoms with Gasteiger partial charge in [-0.15, -0.1) is 0 Å². The molecule has 0 saturated carbocycles. The number of aliphatic hydroxyl groups excluding tert-OH is 1. The Kier molecular flexibility index (Phi) is 7.14. The second kappa shape index (κ2) is 9.98. The number of fused-ring (bicyclic) bond motifs is 1. The summed E-state index contributed by atoms with van der Waals surface area (Å²) >= 11 is 6.02. The number of aryl methyl sites for hydroxylation is 1. The minimum Gasteiger partial charge on any atom is -0.394 e. The Labute approximate surface area is 214 Å². The van der Waals surface area contributed by atoms with Crippen molar-refractivity contribution in [3.8, 4) is 11.3 Å². The van der Waals surface area contributed by atoms with Gasteiger partial charge in [0.2, 0.25) is 10.0 Å². The van der Waals surface area contributed by atoms with Crippen molar-refractivity contribution < 1.29 is 18.3 Å². The molecule has 188 valence electrons. The van der Waals surface area contributed by atoms with Crippen molar-refractivity contribution >= 4 is 38.9 Å². The molecule has 0 unspecified atom stereocenters. The molecule has 1 amide bonds. The van der Waals surface area contributed by atoms with Gasteiger partial charge in [0.15, 0.2) is 5.65 Å². The molecule has 0 aliphatic rings. The predicted molar refractivity (Wildman–Crippen MR) is 139 cm³/mol. The molecule has 9 nitrogen and oxygen atoms in total. The van der Waals surface area contributed by atoms with Gasteiger partial charge < -0.3 is 10.4 Å². The van der Waals surface area contributed by atoms with E-state index in [-0.39, 0.29) is 22.8 Å². The quantitative estimate of drug-likeness (QED) is 0.319. The van der Waals surface area contributed by atoms with Crippen LogP contribution in [0.15, 0.2) is 65.7 Å². The van der Waals surface area contributed by atoms with Crippen LogP contribution in [0.4, 0.5) is 5.69 Å². The summed E-state index contributed by atoms with van der Waals surface area (Å²) in [5.74, 6) is -0.481. The van der Waals surface area contributed by atoms with E-state index in [1.165, 1.54) is 24.4 Å². The fourth-order valence-corrected chi connectivity index (χ4v) is 5.18. The Morgan fingerprint density at radius 1 is 1.14 bits per heavy atom. The van der Waals surface area contributed by atoms with Crippen molar-refractivity contribution in [2.45, 2.75) is 37.6 Å². The van der Waals surface area contributed by atoms with Crippen molar-refractivity contribution in [2.24, 2.45) is 0 Å². The Hall–Kier alpha value is -3.31. The van der Waals surface area contributed by atoms with Crippen LogP contribution in [-0.2, 0) is 16.4 Å². The van der Waals surface area contributed by atoms with Gasteiger partial charge in [0, 0.05) is 22.0 Å². The van der Waals surface area contributed by atoms with Crippen molar-refractivity contribution in [3.63, 3.8) is 0 Å². The molecule has 0 aliphatic heterocycles. The summed E-state index contributed by atoms with van der Waals surface area (Å²) in [6.45, 7) is 4.75. The molecule has 0 spiro atoms. The van der Waals surface area contributed by atoms with Crippen molar-refractivity contribution in [2.75, 3.05) is 11.9 Å². The Morgan fingerprint density at radius 2 is 1.86 bits per heavy atom. The Morgan fingerprint density at radius 3 is 2.53 bits per heavy atom. The molecule has 4 aromatic rings. The third-order valence-electron chi connectivity index (χ3n) is 5.50. The van der Waals surface area contributed by atoms with Gasteiger partial charge in [-0.2, -0.15) is 5.10 Å². The fraction of sp³-hybridized carbons (Fsp3) is 0.240. The van der Waals surface area contributed by atoms with Gasteiger partial charge in [-0.05, 0) is 56.7 Å². The van der Waals surface area contributed by atoms with E-state index in [0.717, 1.165) is 11.3 Å². The van der Waals surface area contributed by atoms with Crippen LogP contribution in [0.25, 0.3) is 16.9 Å². The van der Waals surface area contributed by atoms with E-state index in [9.17, 15) is 18.3 Å². The summed E-state index contributed by atoms with van der Waals surface area (Å²) < 4.78 is 29.6. The van der Waals surface area contributed by atoms with Crippen LogP contribution in [0.5, 0.6) is 0 Å². The number of hydrogen-bond acceptors (Lipinski definition) is 6. The topological polar surface area (TPSA) is 126 Å². The summed E-state index contributed by atoms with van der Waals surface area (Å²) in [4.78, 5) is 17.8. The van der Waals surface area contributed by atoms with Crippen molar-refractivity contribution in [1.82, 2.24) is 19.3 Å². The van der Waals surface area contributed by atoms with Crippen LogP contribution >= 0.6 is 11.6 Å². The molecule has 0 atom stereocenters. The van der Waals surface area contributed by atoms with E-state index >= 15 is 0 Å². The molecule has 0 saturated heterocycles. The molecular weight excluding hydrogens is 502 g/mol. The number of aliphatic hydroxyl groups is 1. The molecule has 4 rings (SSSR count). The van der Waals surface area contributed by atoms with Gasteiger partial charge in [0.1, 0.15) is 5.56 Å². The number of sulfonamides is 1. The average molecular weight is 528 g/mol. The molecule has 0 fully saturated rings. The smallest absolute Gasteiger partial charge is 0.261 e. The standard InChI is InChI=1S/C25H26ClN5O4S/c1-4-19-13-22(16-8-10-17(26)11-9-16)29-23-21(14-27-31(19)23)24(33)28-18-6-5-7-20(12-18)36(34,35)30-25(2,3)15-32/h5-14,30,32H,4,15H2,1-3H3,(H,28,33). The average Bonchev–Trinajstić information content (AvgIpc) is 3.28. The van der Waals surface area contributed by atoms with Crippen LogP contribution in [0.3, 0.4) is 0 Å². The van der Waals surface area contributed by atoms with Crippen molar-refractivity contribution in [3.05, 3.63) is 77.1 Å². The molecule has 0 bridgehead atoms. The molecule has 0 radical (unpaired) electrons. The van der Waals surface area contributed by atoms with Gasteiger partial charge >= 0.3 is 0 Å². The van der Waals surface area contributed by atoms with E-state index < -0.39 is 21.5 Å². The zero-order valence-electron chi connectivity index (χ0n) is 20.0. The predicted octanol–water partition coefficient (Wildman–Crippen LogP) is 3.91. The maximum atomic E-state index is 13.2. The third kappa shape index (κ3) is 5.41. The molecule has 2 heterocycles. The summed E-state index contributed by atoms with van der Waals surface area (Å²) in [6.07, 6.45) is 2.10. The number of nitrogens with one attached hydrogen (secondary N) is 2. The van der Waals surface area contributed by atoms with E-state index in [2.05, 4.69) is 20.1 Å². The normalized spacial score (nSPS) is 12.1. The summed E-state index contributed by atoms with van der Waals surface area (Å²) in [5, 5.41) is 17.1. The highest BCUT2D eigenvalue weighted by Crippen LogP contribution is 2.24. The summed E-state index contributed by atoms with van der Waals surface area (Å²) in [5.41, 5.74) is 2.26. The lowest BCUT2D eigenvalue weighted by molar-refractivity contribution is 0.102. The van der Waals surface area contributed by atoms with Crippen molar-refractivity contribution in [1.29, 1.82) is 0 Å². The maximum Gasteiger partial charge on any atom is 0.261 e. The first-order valence-corrected chi connectivity index (χ1v) is 13.1. The van der Waals surface area contributed by atoms with Crippen LogP contribution < -0.4 is 10.0 Å². The third-order valence-corrected chi connectivity index (χ3v) is 7.45. The summed E-state index contributed by atoms with van der Waals surface area (Å²) in [6, 6.07) is 15.1. The lowest BCUT2D eigenvalue weighted by Gasteiger charge is -2.23. The SMILES string of the molecule is CCc1cc(-c2ccc(Cl)cc2)nc2c(C(=O)Nc3cccc(S(=O)(=O)NC(C)(C)CO)c3)cnn12. The monoisotopic (exact) mass is 527 g/mol. The Balaban J connectivity index is 1.67. The first-order valence-electron chi connectivity index (χ1n) is 11.2. The molecule has 2 aromatic carbocycles. The van der Waals surface area contributed by atoms with Gasteiger partial charge in [-0.25, -0.2) is 22.6 Å². The second-order valence-corrected chi connectivity index (χ2v) is 11.0. The number of rotatable bonds is 8. The van der Waals surface area contributed by atoms with E-state index in [4.69, 9.17) is 11.6 Å². The summed E-state index contributed by atoms with van der Waals surface area (Å²) in [7, 11) is -3.92. The van der Waals surface area contributed by atoms with Crippen LogP contribution in [0.2, 0.25) is 5.02 Å². The number of carbonyl (C=O) groups is 1. The molecule has 3 N–H and O–H groups in total. The number of halogens is 1. The number of benzene rings is 2. The first kappa shape index (κ1) is 25.8. The van der Waals surface area contributed by atoms with Crippen LogP contribution in [-0.4, -0.2) is 46.2 Å². The molecule has 36 heavy (non-hydrogen) atoms. The lowest BCUT2D eigenvalue weighted by Crippen LogP contribution is -2.46. The Bertz CT molecular complexity index is 1530. The molecular formula is C25H26ClN5O4S. The zero-order valence-corrected chi connectivity index (χ0v) is 21.6. The maximum absolute atomic E-state index is 13.2. The number of nitrogens with zero attached hydrogens (tertiary/aromatic N) is 3. The van der Waals surface area contributed by atoms with Gasteiger partial charge in [-0.1, -0.05) is 36.7 Å². The lowest BCUT2D eigenvalue weighted by atomic mass is 10.1. The highest BCUT2D eigenvalue weighted by atomic mass is 35.5. The fourth-order valence-electron chi connectivity index (χ4n) is 3.60. The minimum atomic E-state index is -3.92. The highest BCUT2D eigenvalue weighted by molar-refractivity contribution is 7.89. The van der Waals surface area contributed by atoms with E-state index in [0.29, 0.717) is 22.8 Å². The van der Waals surface area contributed by atoms with Gasteiger partial charge in [0.05, 0.1) is 28.9 Å². The van der Waals surface area contributed by atoms with E-state index in [1.807, 2.05) is 25.1 Å². The van der Waals surface area contributed by atoms with Crippen LogP contribution in [0, 0.1) is 0 Å². The first-order chi connectivity index (χ1) is 17.0. The number of carbonyl (C=O) groups excluding carboxylic acids is 1. The number of hydrogen-bond donors (Lipinski definition) is 3. The zero-order chi connectivity index (χ0) is 26.1. The molecule has 2 aromatic heterocycles. The number of amides is 1. The van der Waals surface area contributed by atoms with Gasteiger partial charge in [-0.3, -0.25) is 4.79 Å². The van der Waals surface area contributed by atoms with Gasteiger partial charge in [0.25, 0.3) is 5.91 Å². The number of aromatic nitrogens is 3. The molecule has 11 heteroatoms.